The van der Waals surface area contributed by atoms with Crippen LogP contribution >= 0.6 is 0 Å². The van der Waals surface area contributed by atoms with Crippen LogP contribution in [0.5, 0.6) is 11.5 Å². The van der Waals surface area contributed by atoms with Crippen molar-refractivity contribution in [2.24, 2.45) is 0 Å². The molecule has 1 heterocycles. The Morgan fingerprint density at radius 3 is 2.71 bits per heavy atom. The molecule has 1 fully saturated rings. The Balaban J connectivity index is 2.15. The number of nitrogens with one attached hydrogen (secondary N) is 1. The second-order valence-corrected chi connectivity index (χ2v) is 4.39. The molecular formula is C13H20N2O2. The van der Waals surface area contributed by atoms with Crippen molar-refractivity contribution >= 4 is 0 Å². The Bertz CT molecular complexity index is 376. The lowest BCUT2D eigenvalue weighted by Gasteiger charge is -2.33. The van der Waals surface area contributed by atoms with E-state index in [2.05, 4.69) is 17.1 Å². The standard InChI is InChI=1S/C13H20N2O2/c1-10(15-7-5-14-6-8-15)11-3-4-12(16)13(9-11)17-2/h3-4,9-10,14,16H,5-8H2,1-2H3/t10-/m1/s1. The van der Waals surface area contributed by atoms with E-state index in [1.165, 1.54) is 5.56 Å². The van der Waals surface area contributed by atoms with Gasteiger partial charge < -0.3 is 15.2 Å². The van der Waals surface area contributed by atoms with Crippen molar-refractivity contribution < 1.29 is 9.84 Å². The van der Waals surface area contributed by atoms with Gasteiger partial charge in [-0.15, -0.1) is 0 Å². The van der Waals surface area contributed by atoms with Gasteiger partial charge in [-0.2, -0.15) is 0 Å². The number of methoxy groups -OCH3 is 1. The monoisotopic (exact) mass is 236 g/mol. The van der Waals surface area contributed by atoms with Crippen molar-refractivity contribution in [1.82, 2.24) is 10.2 Å². The van der Waals surface area contributed by atoms with Crippen LogP contribution in [0.25, 0.3) is 0 Å². The summed E-state index contributed by atoms with van der Waals surface area (Å²) in [5, 5.41) is 12.9. The highest BCUT2D eigenvalue weighted by Crippen LogP contribution is 2.30. The molecular weight excluding hydrogens is 216 g/mol. The van der Waals surface area contributed by atoms with Crippen LogP contribution in [0.1, 0.15) is 18.5 Å². The van der Waals surface area contributed by atoms with Crippen molar-refractivity contribution in [2.75, 3.05) is 33.3 Å². The van der Waals surface area contributed by atoms with Gasteiger partial charge >= 0.3 is 0 Å². The fourth-order valence-electron chi connectivity index (χ4n) is 2.23. The maximum Gasteiger partial charge on any atom is 0.160 e. The topological polar surface area (TPSA) is 44.7 Å². The first-order chi connectivity index (χ1) is 8.22. The molecule has 4 heteroatoms. The molecule has 0 aliphatic carbocycles. The smallest absolute Gasteiger partial charge is 0.160 e. The molecule has 1 saturated heterocycles. The average molecular weight is 236 g/mol. The molecule has 2 N–H and O–H groups in total. The van der Waals surface area contributed by atoms with Crippen LogP contribution < -0.4 is 10.1 Å². The zero-order valence-corrected chi connectivity index (χ0v) is 10.4. The Labute approximate surface area is 102 Å². The summed E-state index contributed by atoms with van der Waals surface area (Å²) >= 11 is 0. The highest BCUT2D eigenvalue weighted by Gasteiger charge is 2.18. The number of phenols is 1. The summed E-state index contributed by atoms with van der Waals surface area (Å²) in [6.07, 6.45) is 0. The van der Waals surface area contributed by atoms with Crippen molar-refractivity contribution in [3.63, 3.8) is 0 Å². The minimum absolute atomic E-state index is 0.198. The van der Waals surface area contributed by atoms with Gasteiger partial charge in [0.2, 0.25) is 0 Å². The molecule has 0 unspecified atom stereocenters. The highest BCUT2D eigenvalue weighted by atomic mass is 16.5. The quantitative estimate of drug-likeness (QED) is 0.832. The number of phenolic OH excluding ortho intramolecular Hbond substituents is 1. The summed E-state index contributed by atoms with van der Waals surface area (Å²) < 4.78 is 5.14. The molecule has 94 valence electrons. The third-order valence-electron chi connectivity index (χ3n) is 3.39. The molecule has 4 nitrogen and oxygen atoms in total. The normalized spacial score (nSPS) is 18.9. The van der Waals surface area contributed by atoms with Gasteiger partial charge in [0, 0.05) is 32.2 Å². The Morgan fingerprint density at radius 1 is 1.35 bits per heavy atom. The zero-order valence-electron chi connectivity index (χ0n) is 10.4. The Hall–Kier alpha value is -1.26. The second kappa shape index (κ2) is 5.38. The molecule has 0 bridgehead atoms. The van der Waals surface area contributed by atoms with E-state index in [0.29, 0.717) is 11.8 Å². The number of benzene rings is 1. The molecule has 1 aromatic carbocycles. The maximum absolute atomic E-state index is 9.58. The van der Waals surface area contributed by atoms with Gasteiger partial charge in [-0.1, -0.05) is 6.07 Å². The van der Waals surface area contributed by atoms with Gasteiger partial charge in [-0.05, 0) is 24.6 Å². The number of nitrogens with zero attached hydrogens (tertiary/aromatic N) is 1. The summed E-state index contributed by atoms with van der Waals surface area (Å²) in [5.41, 5.74) is 1.18. The minimum Gasteiger partial charge on any atom is -0.504 e. The molecule has 1 aliphatic heterocycles. The molecule has 0 amide bonds. The minimum atomic E-state index is 0.198. The van der Waals surface area contributed by atoms with Gasteiger partial charge in [-0.25, -0.2) is 0 Å². The first kappa shape index (κ1) is 12.2. The molecule has 1 aromatic rings. The predicted octanol–water partition coefficient (Wildman–Crippen LogP) is 1.37. The SMILES string of the molecule is COc1cc([C@@H](C)N2CCNCC2)ccc1O. The van der Waals surface area contributed by atoms with Gasteiger partial charge in [0.05, 0.1) is 7.11 Å². The summed E-state index contributed by atoms with van der Waals surface area (Å²) in [7, 11) is 1.58. The summed E-state index contributed by atoms with van der Waals surface area (Å²) in [6.45, 7) is 6.39. The number of aromatic hydroxyl groups is 1. The Morgan fingerprint density at radius 2 is 2.06 bits per heavy atom. The number of ether oxygens (including phenoxy) is 1. The molecule has 0 saturated carbocycles. The van der Waals surface area contributed by atoms with E-state index in [1.54, 1.807) is 13.2 Å². The first-order valence-corrected chi connectivity index (χ1v) is 6.04. The number of rotatable bonds is 3. The van der Waals surface area contributed by atoms with E-state index in [0.717, 1.165) is 26.2 Å². The molecule has 2 rings (SSSR count). The highest BCUT2D eigenvalue weighted by molar-refractivity contribution is 5.42. The van der Waals surface area contributed by atoms with E-state index >= 15 is 0 Å². The summed E-state index contributed by atoms with van der Waals surface area (Å²) in [6, 6.07) is 5.94. The fourth-order valence-corrected chi connectivity index (χ4v) is 2.23. The van der Waals surface area contributed by atoms with Gasteiger partial charge in [0.1, 0.15) is 0 Å². The first-order valence-electron chi connectivity index (χ1n) is 6.04. The van der Waals surface area contributed by atoms with Crippen LogP contribution in [-0.2, 0) is 0 Å². The van der Waals surface area contributed by atoms with E-state index in [9.17, 15) is 5.11 Å². The second-order valence-electron chi connectivity index (χ2n) is 4.39. The zero-order chi connectivity index (χ0) is 12.3. The predicted molar refractivity (Wildman–Crippen MR) is 67.5 cm³/mol. The molecule has 0 aromatic heterocycles. The maximum atomic E-state index is 9.58. The summed E-state index contributed by atoms with van der Waals surface area (Å²) in [4.78, 5) is 2.43. The lowest BCUT2D eigenvalue weighted by molar-refractivity contribution is 0.185. The molecule has 17 heavy (non-hydrogen) atoms. The molecule has 1 atom stereocenters. The van der Waals surface area contributed by atoms with Crippen molar-refractivity contribution in [2.45, 2.75) is 13.0 Å². The van der Waals surface area contributed by atoms with Crippen LogP contribution in [-0.4, -0.2) is 43.3 Å². The third-order valence-corrected chi connectivity index (χ3v) is 3.39. The molecule has 0 radical (unpaired) electrons. The number of hydrogen-bond donors (Lipinski definition) is 2. The van der Waals surface area contributed by atoms with Crippen LogP contribution in [0.3, 0.4) is 0 Å². The van der Waals surface area contributed by atoms with Crippen molar-refractivity contribution in [3.8, 4) is 11.5 Å². The van der Waals surface area contributed by atoms with E-state index < -0.39 is 0 Å². The van der Waals surface area contributed by atoms with E-state index in [-0.39, 0.29) is 5.75 Å². The number of hydrogen-bond acceptors (Lipinski definition) is 4. The fraction of sp³-hybridized carbons (Fsp3) is 0.538. The average Bonchev–Trinajstić information content (AvgIpc) is 2.39. The molecule has 1 aliphatic rings. The lowest BCUT2D eigenvalue weighted by Crippen LogP contribution is -2.44. The third kappa shape index (κ3) is 2.70. The molecule has 0 spiro atoms. The Kier molecular flexibility index (Phi) is 3.86. The van der Waals surface area contributed by atoms with Crippen molar-refractivity contribution in [1.29, 1.82) is 0 Å². The van der Waals surface area contributed by atoms with Crippen LogP contribution in [0, 0.1) is 0 Å². The number of piperazine rings is 1. The van der Waals surface area contributed by atoms with E-state index in [1.807, 2.05) is 12.1 Å². The van der Waals surface area contributed by atoms with E-state index in [4.69, 9.17) is 4.74 Å². The largest absolute Gasteiger partial charge is 0.504 e. The van der Waals surface area contributed by atoms with Gasteiger partial charge in [0.15, 0.2) is 11.5 Å². The van der Waals surface area contributed by atoms with Crippen LogP contribution in [0.2, 0.25) is 0 Å². The van der Waals surface area contributed by atoms with Gasteiger partial charge in [-0.3, -0.25) is 4.90 Å². The van der Waals surface area contributed by atoms with Crippen molar-refractivity contribution in [3.05, 3.63) is 23.8 Å². The van der Waals surface area contributed by atoms with Gasteiger partial charge in [0.25, 0.3) is 0 Å². The lowest BCUT2D eigenvalue weighted by atomic mass is 10.1. The van der Waals surface area contributed by atoms with Crippen LogP contribution in [0.4, 0.5) is 0 Å². The summed E-state index contributed by atoms with van der Waals surface area (Å²) in [5.74, 6) is 0.744. The van der Waals surface area contributed by atoms with Crippen LogP contribution in [0.15, 0.2) is 18.2 Å².